The van der Waals surface area contributed by atoms with Crippen LogP contribution in [0.2, 0.25) is 5.02 Å². The van der Waals surface area contributed by atoms with Gasteiger partial charge in [0.05, 0.1) is 15.8 Å². The van der Waals surface area contributed by atoms with Crippen LogP contribution in [0.25, 0.3) is 10.2 Å². The summed E-state index contributed by atoms with van der Waals surface area (Å²) in [6, 6.07) is 10.3. The molecule has 0 atom stereocenters. The molecule has 1 N–H and O–H groups in total. The highest BCUT2D eigenvalue weighted by atomic mass is 35.5. The highest BCUT2D eigenvalue weighted by Gasteiger charge is 2.18. The summed E-state index contributed by atoms with van der Waals surface area (Å²) in [5, 5.41) is 3.57. The van der Waals surface area contributed by atoms with E-state index in [1.807, 2.05) is 25.1 Å². The van der Waals surface area contributed by atoms with E-state index in [0.717, 1.165) is 15.8 Å². The van der Waals surface area contributed by atoms with Gasteiger partial charge >= 0.3 is 6.09 Å². The number of amides is 2. The number of benzene rings is 2. The third-order valence-electron chi connectivity index (χ3n) is 3.59. The number of aryl methyl sites for hydroxylation is 1. The van der Waals surface area contributed by atoms with Gasteiger partial charge in [0.2, 0.25) is 0 Å². The molecule has 0 aliphatic heterocycles. The van der Waals surface area contributed by atoms with Crippen molar-refractivity contribution >= 4 is 50.3 Å². The molecule has 3 aromatic rings. The van der Waals surface area contributed by atoms with Gasteiger partial charge in [-0.3, -0.25) is 10.1 Å². The van der Waals surface area contributed by atoms with Crippen LogP contribution in [-0.4, -0.2) is 36.0 Å². The lowest BCUT2D eigenvalue weighted by atomic mass is 10.2. The van der Waals surface area contributed by atoms with Crippen molar-refractivity contribution < 1.29 is 14.3 Å². The predicted octanol–water partition coefficient (Wildman–Crippen LogP) is 4.57. The van der Waals surface area contributed by atoms with Gasteiger partial charge in [-0.15, -0.1) is 0 Å². The first-order valence-electron chi connectivity index (χ1n) is 7.71. The second-order valence-electron chi connectivity index (χ2n) is 5.80. The van der Waals surface area contributed by atoms with Crippen LogP contribution in [0.1, 0.15) is 15.9 Å². The number of rotatable bonds is 3. The Morgan fingerprint density at radius 2 is 2.00 bits per heavy atom. The Hall–Kier alpha value is -2.64. The minimum atomic E-state index is -0.586. The molecule has 134 valence electrons. The Balaban J connectivity index is 1.89. The van der Waals surface area contributed by atoms with Gasteiger partial charge in [0.25, 0.3) is 5.91 Å². The average molecular weight is 390 g/mol. The molecule has 0 saturated carbocycles. The van der Waals surface area contributed by atoms with Crippen LogP contribution < -0.4 is 10.1 Å². The number of fused-ring (bicyclic) bond motifs is 1. The number of nitrogens with one attached hydrogen (secondary N) is 1. The number of thiazole rings is 1. The van der Waals surface area contributed by atoms with E-state index in [-0.39, 0.29) is 11.3 Å². The Morgan fingerprint density at radius 1 is 1.23 bits per heavy atom. The summed E-state index contributed by atoms with van der Waals surface area (Å²) >= 11 is 7.38. The summed E-state index contributed by atoms with van der Waals surface area (Å²) in [5.41, 5.74) is 2.03. The summed E-state index contributed by atoms with van der Waals surface area (Å²) in [4.78, 5) is 30.2. The number of nitrogens with zero attached hydrogens (tertiary/aromatic N) is 2. The molecule has 0 fully saturated rings. The van der Waals surface area contributed by atoms with Crippen molar-refractivity contribution in [2.24, 2.45) is 0 Å². The minimum absolute atomic E-state index is 0.128. The summed E-state index contributed by atoms with van der Waals surface area (Å²) in [7, 11) is 3.11. The zero-order valence-corrected chi connectivity index (χ0v) is 15.9. The van der Waals surface area contributed by atoms with Crippen LogP contribution in [-0.2, 0) is 0 Å². The molecule has 1 aromatic heterocycles. The van der Waals surface area contributed by atoms with Crippen LogP contribution in [0, 0.1) is 6.92 Å². The van der Waals surface area contributed by atoms with E-state index >= 15 is 0 Å². The summed E-state index contributed by atoms with van der Waals surface area (Å²) in [6.45, 7) is 1.96. The second-order valence-corrected chi connectivity index (χ2v) is 7.26. The van der Waals surface area contributed by atoms with E-state index in [2.05, 4.69) is 10.3 Å². The number of ether oxygens (including phenoxy) is 1. The number of para-hydroxylation sites is 1. The normalized spacial score (nSPS) is 10.6. The van der Waals surface area contributed by atoms with Crippen molar-refractivity contribution in [3.63, 3.8) is 0 Å². The fourth-order valence-corrected chi connectivity index (χ4v) is 3.37. The zero-order chi connectivity index (χ0) is 18.8. The molecule has 8 heteroatoms. The number of aromatic nitrogens is 1. The maximum atomic E-state index is 12.7. The van der Waals surface area contributed by atoms with E-state index in [1.54, 1.807) is 20.2 Å². The molecule has 0 bridgehead atoms. The maximum Gasteiger partial charge on any atom is 0.414 e. The lowest BCUT2D eigenvalue weighted by molar-refractivity contribution is 0.102. The molecule has 0 radical (unpaired) electrons. The number of hydrogen-bond donors (Lipinski definition) is 1. The van der Waals surface area contributed by atoms with Crippen molar-refractivity contribution in [2.45, 2.75) is 6.92 Å². The third-order valence-corrected chi connectivity index (χ3v) is 4.76. The van der Waals surface area contributed by atoms with Crippen molar-refractivity contribution in [3.05, 3.63) is 52.5 Å². The summed E-state index contributed by atoms with van der Waals surface area (Å²) < 4.78 is 6.23. The fourth-order valence-electron chi connectivity index (χ4n) is 2.26. The number of carbonyl (C=O) groups excluding carboxylic acids is 2. The van der Waals surface area contributed by atoms with E-state index in [1.165, 1.54) is 28.4 Å². The van der Waals surface area contributed by atoms with Crippen molar-refractivity contribution in [2.75, 3.05) is 19.4 Å². The topological polar surface area (TPSA) is 71.5 Å². The molecule has 3 rings (SSSR count). The first-order chi connectivity index (χ1) is 12.3. The van der Waals surface area contributed by atoms with Crippen LogP contribution in [0.4, 0.5) is 9.93 Å². The van der Waals surface area contributed by atoms with Gasteiger partial charge in [-0.2, -0.15) is 0 Å². The Kier molecular flexibility index (Phi) is 5.11. The molecule has 1 heterocycles. The predicted molar refractivity (Wildman–Crippen MR) is 103 cm³/mol. The molecule has 0 aliphatic rings. The molecule has 0 aliphatic carbocycles. The maximum absolute atomic E-state index is 12.7. The van der Waals surface area contributed by atoms with E-state index in [9.17, 15) is 9.59 Å². The lowest BCUT2D eigenvalue weighted by Crippen LogP contribution is -2.26. The van der Waals surface area contributed by atoms with Gasteiger partial charge in [0.15, 0.2) is 5.13 Å². The van der Waals surface area contributed by atoms with Gasteiger partial charge in [-0.25, -0.2) is 9.78 Å². The Morgan fingerprint density at radius 3 is 2.69 bits per heavy atom. The Bertz CT molecular complexity index is 1000. The monoisotopic (exact) mass is 389 g/mol. The van der Waals surface area contributed by atoms with Crippen LogP contribution >= 0.6 is 22.9 Å². The highest BCUT2D eigenvalue weighted by Crippen LogP contribution is 2.29. The quantitative estimate of drug-likeness (QED) is 0.712. The largest absolute Gasteiger partial charge is 0.414 e. The van der Waals surface area contributed by atoms with Gasteiger partial charge in [-0.05, 0) is 36.8 Å². The van der Waals surface area contributed by atoms with Gasteiger partial charge in [0.1, 0.15) is 5.75 Å². The zero-order valence-electron chi connectivity index (χ0n) is 14.4. The molecule has 26 heavy (non-hydrogen) atoms. The molecule has 0 unspecified atom stereocenters. The molecular weight excluding hydrogens is 374 g/mol. The van der Waals surface area contributed by atoms with Crippen molar-refractivity contribution in [1.29, 1.82) is 0 Å². The molecule has 2 aromatic carbocycles. The summed E-state index contributed by atoms with van der Waals surface area (Å²) in [6.07, 6.45) is -0.586. The Labute approximate surface area is 159 Å². The fraction of sp³-hybridized carbons (Fsp3) is 0.167. The molecular formula is C18H16ClN3O3S. The number of halogens is 1. The van der Waals surface area contributed by atoms with Crippen molar-refractivity contribution in [3.8, 4) is 5.75 Å². The highest BCUT2D eigenvalue weighted by molar-refractivity contribution is 7.22. The minimum Gasteiger partial charge on any atom is -0.409 e. The van der Waals surface area contributed by atoms with E-state index in [0.29, 0.717) is 10.2 Å². The van der Waals surface area contributed by atoms with E-state index in [4.69, 9.17) is 16.3 Å². The van der Waals surface area contributed by atoms with Gasteiger partial charge < -0.3 is 9.64 Å². The lowest BCUT2D eigenvalue weighted by Gasteiger charge is -2.13. The first-order valence-corrected chi connectivity index (χ1v) is 8.91. The molecule has 6 nitrogen and oxygen atoms in total. The smallest absolute Gasteiger partial charge is 0.409 e. The average Bonchev–Trinajstić information content (AvgIpc) is 3.00. The van der Waals surface area contributed by atoms with E-state index < -0.39 is 12.0 Å². The standard InChI is InChI=1S/C18H16ClN3O3S/c1-10-5-4-6-14-15(10)20-17(26-14)21-16(23)12-9-11(19)7-8-13(12)25-18(24)22(2)3/h4-9H,1-3H3,(H,20,21,23). The SMILES string of the molecule is Cc1cccc2sc(NC(=O)c3cc(Cl)ccc3OC(=O)N(C)C)nc12. The first kappa shape index (κ1) is 18.2. The molecule has 0 saturated heterocycles. The second kappa shape index (κ2) is 7.31. The number of hydrogen-bond acceptors (Lipinski definition) is 5. The van der Waals surface area contributed by atoms with Crippen molar-refractivity contribution in [1.82, 2.24) is 9.88 Å². The van der Waals surface area contributed by atoms with Gasteiger partial charge in [0, 0.05) is 19.1 Å². The van der Waals surface area contributed by atoms with Crippen LogP contribution in [0.15, 0.2) is 36.4 Å². The van der Waals surface area contributed by atoms with Crippen LogP contribution in [0.5, 0.6) is 5.75 Å². The number of anilines is 1. The molecule has 0 spiro atoms. The summed E-state index contributed by atoms with van der Waals surface area (Å²) in [5.74, 6) is -0.325. The van der Waals surface area contributed by atoms with Gasteiger partial charge in [-0.1, -0.05) is 35.1 Å². The van der Waals surface area contributed by atoms with Crippen LogP contribution in [0.3, 0.4) is 0 Å². The third kappa shape index (κ3) is 3.79. The number of carbonyl (C=O) groups is 2. The molecule has 2 amide bonds.